The van der Waals surface area contributed by atoms with E-state index in [2.05, 4.69) is 0 Å². The molecule has 0 aliphatic carbocycles. The van der Waals surface area contributed by atoms with Gasteiger partial charge in [0.25, 0.3) is 0 Å². The van der Waals surface area contributed by atoms with Gasteiger partial charge in [0.2, 0.25) is 0 Å². The summed E-state index contributed by atoms with van der Waals surface area (Å²) in [6, 6.07) is 7.95. The van der Waals surface area contributed by atoms with Crippen molar-refractivity contribution in [1.29, 1.82) is 0 Å². The summed E-state index contributed by atoms with van der Waals surface area (Å²) in [5.74, 6) is 0. The molecule has 0 aliphatic heterocycles. The number of rotatable bonds is 3. The molecule has 1 aromatic carbocycles. The van der Waals surface area contributed by atoms with E-state index in [0.29, 0.717) is 6.42 Å². The molecular weight excluding hydrogens is 164 g/mol. The van der Waals surface area contributed by atoms with Gasteiger partial charge in [-0.1, -0.05) is 29.8 Å². The van der Waals surface area contributed by atoms with Crippen molar-refractivity contribution >= 4 is 0 Å². The fourth-order valence-corrected chi connectivity index (χ4v) is 1.25. The molecule has 2 N–H and O–H groups in total. The van der Waals surface area contributed by atoms with Crippen LogP contribution in [0.15, 0.2) is 24.3 Å². The topological polar surface area (TPSA) is 40.5 Å². The van der Waals surface area contributed by atoms with Gasteiger partial charge in [0, 0.05) is 6.42 Å². The van der Waals surface area contributed by atoms with E-state index in [1.807, 2.05) is 31.2 Å². The monoisotopic (exact) mass is 180 g/mol. The number of benzene rings is 1. The van der Waals surface area contributed by atoms with Crippen LogP contribution in [0.2, 0.25) is 0 Å². The number of aliphatic hydroxyl groups is 2. The number of hydrogen-bond acceptors (Lipinski definition) is 2. The summed E-state index contributed by atoms with van der Waals surface area (Å²) in [4.78, 5) is 0. The lowest BCUT2D eigenvalue weighted by atomic mass is 10.0. The molecule has 2 nitrogen and oxygen atoms in total. The maximum atomic E-state index is 9.42. The summed E-state index contributed by atoms with van der Waals surface area (Å²) in [7, 11) is 0. The lowest BCUT2D eigenvalue weighted by Gasteiger charge is -2.13. The Labute approximate surface area is 78.8 Å². The third-order valence-corrected chi connectivity index (χ3v) is 2.08. The Kier molecular flexibility index (Phi) is 3.46. The maximum absolute atomic E-state index is 9.42. The lowest BCUT2D eigenvalue weighted by Crippen LogP contribution is -2.24. The van der Waals surface area contributed by atoms with E-state index >= 15 is 0 Å². The molecule has 0 fully saturated rings. The Bertz CT molecular complexity index is 269. The third kappa shape index (κ3) is 3.17. The van der Waals surface area contributed by atoms with Gasteiger partial charge in [0.1, 0.15) is 0 Å². The van der Waals surface area contributed by atoms with Gasteiger partial charge in [-0.25, -0.2) is 0 Å². The Morgan fingerprint density at radius 3 is 2.54 bits per heavy atom. The predicted octanol–water partition coefficient (Wildman–Crippen LogP) is 1.28. The second-order valence-corrected chi connectivity index (χ2v) is 3.50. The van der Waals surface area contributed by atoms with E-state index in [0.717, 1.165) is 5.56 Å². The standard InChI is InChI=1S/C11H16O2/c1-8-4-3-5-10(6-8)7-11(13)9(2)12/h3-6,9,11-13H,7H2,1-2H3. The fraction of sp³-hybridized carbons (Fsp3) is 0.455. The molecule has 0 bridgehead atoms. The Balaban J connectivity index is 2.64. The molecule has 0 spiro atoms. The molecule has 0 amide bonds. The van der Waals surface area contributed by atoms with Gasteiger partial charge < -0.3 is 10.2 Å². The molecule has 0 aliphatic rings. The van der Waals surface area contributed by atoms with E-state index in [4.69, 9.17) is 5.11 Å². The Hall–Kier alpha value is -0.860. The van der Waals surface area contributed by atoms with Gasteiger partial charge in [0.05, 0.1) is 12.2 Å². The van der Waals surface area contributed by atoms with Crippen LogP contribution < -0.4 is 0 Å². The van der Waals surface area contributed by atoms with Crippen molar-refractivity contribution in [2.75, 3.05) is 0 Å². The molecule has 2 unspecified atom stereocenters. The molecule has 0 saturated carbocycles. The quantitative estimate of drug-likeness (QED) is 0.735. The van der Waals surface area contributed by atoms with Gasteiger partial charge in [-0.2, -0.15) is 0 Å². The van der Waals surface area contributed by atoms with Crippen LogP contribution in [0.1, 0.15) is 18.1 Å². The average Bonchev–Trinajstić information content (AvgIpc) is 2.04. The second kappa shape index (κ2) is 4.40. The second-order valence-electron chi connectivity index (χ2n) is 3.50. The van der Waals surface area contributed by atoms with E-state index < -0.39 is 12.2 Å². The average molecular weight is 180 g/mol. The first kappa shape index (κ1) is 10.2. The molecule has 0 aromatic heterocycles. The van der Waals surface area contributed by atoms with Gasteiger partial charge in [-0.3, -0.25) is 0 Å². The van der Waals surface area contributed by atoms with Crippen LogP contribution in [0.5, 0.6) is 0 Å². The van der Waals surface area contributed by atoms with E-state index in [1.54, 1.807) is 6.92 Å². The first-order valence-electron chi connectivity index (χ1n) is 4.51. The summed E-state index contributed by atoms with van der Waals surface area (Å²) in [5.41, 5.74) is 2.24. The molecular formula is C11H16O2. The van der Waals surface area contributed by atoms with Crippen LogP contribution in [0, 0.1) is 6.92 Å². The molecule has 0 saturated heterocycles. The van der Waals surface area contributed by atoms with Gasteiger partial charge in [-0.15, -0.1) is 0 Å². The number of hydrogen-bond donors (Lipinski definition) is 2. The van der Waals surface area contributed by atoms with Crippen molar-refractivity contribution < 1.29 is 10.2 Å². The first-order valence-corrected chi connectivity index (χ1v) is 4.51. The minimum Gasteiger partial charge on any atom is -0.391 e. The SMILES string of the molecule is Cc1cccc(CC(O)C(C)O)c1. The van der Waals surface area contributed by atoms with Gasteiger partial charge in [0.15, 0.2) is 0 Å². The molecule has 2 atom stereocenters. The van der Waals surface area contributed by atoms with Crippen LogP contribution >= 0.6 is 0 Å². The highest BCUT2D eigenvalue weighted by Crippen LogP contribution is 2.08. The van der Waals surface area contributed by atoms with Crippen molar-refractivity contribution in [3.63, 3.8) is 0 Å². The van der Waals surface area contributed by atoms with Gasteiger partial charge >= 0.3 is 0 Å². The third-order valence-electron chi connectivity index (χ3n) is 2.08. The van der Waals surface area contributed by atoms with E-state index in [9.17, 15) is 5.11 Å². The molecule has 0 radical (unpaired) electrons. The van der Waals surface area contributed by atoms with Crippen molar-refractivity contribution in [3.05, 3.63) is 35.4 Å². The molecule has 72 valence electrons. The van der Waals surface area contributed by atoms with Crippen LogP contribution in [-0.2, 0) is 6.42 Å². The Morgan fingerprint density at radius 2 is 2.00 bits per heavy atom. The normalized spacial score (nSPS) is 15.4. The molecule has 13 heavy (non-hydrogen) atoms. The largest absolute Gasteiger partial charge is 0.391 e. The highest BCUT2D eigenvalue weighted by atomic mass is 16.3. The zero-order chi connectivity index (χ0) is 9.84. The summed E-state index contributed by atoms with van der Waals surface area (Å²) in [6.07, 6.45) is -0.818. The smallest absolute Gasteiger partial charge is 0.0836 e. The minimum atomic E-state index is -0.666. The fourth-order valence-electron chi connectivity index (χ4n) is 1.25. The summed E-state index contributed by atoms with van der Waals surface area (Å²) >= 11 is 0. The van der Waals surface area contributed by atoms with Crippen molar-refractivity contribution in [2.24, 2.45) is 0 Å². The zero-order valence-corrected chi connectivity index (χ0v) is 8.07. The molecule has 1 rings (SSSR count). The molecule has 1 aromatic rings. The van der Waals surface area contributed by atoms with Crippen molar-refractivity contribution in [3.8, 4) is 0 Å². The van der Waals surface area contributed by atoms with Crippen molar-refractivity contribution in [1.82, 2.24) is 0 Å². The summed E-state index contributed by atoms with van der Waals surface area (Å²) in [5, 5.41) is 18.5. The molecule has 2 heteroatoms. The van der Waals surface area contributed by atoms with Crippen LogP contribution in [0.3, 0.4) is 0 Å². The van der Waals surface area contributed by atoms with Crippen LogP contribution in [0.4, 0.5) is 0 Å². The molecule has 0 heterocycles. The van der Waals surface area contributed by atoms with Crippen molar-refractivity contribution in [2.45, 2.75) is 32.5 Å². The highest BCUT2D eigenvalue weighted by Gasteiger charge is 2.10. The highest BCUT2D eigenvalue weighted by molar-refractivity contribution is 5.22. The lowest BCUT2D eigenvalue weighted by molar-refractivity contribution is 0.0319. The van der Waals surface area contributed by atoms with E-state index in [1.165, 1.54) is 5.56 Å². The summed E-state index contributed by atoms with van der Waals surface area (Å²) in [6.45, 7) is 3.61. The summed E-state index contributed by atoms with van der Waals surface area (Å²) < 4.78 is 0. The van der Waals surface area contributed by atoms with Crippen LogP contribution in [0.25, 0.3) is 0 Å². The van der Waals surface area contributed by atoms with E-state index in [-0.39, 0.29) is 0 Å². The number of aliphatic hydroxyl groups excluding tert-OH is 2. The maximum Gasteiger partial charge on any atom is 0.0836 e. The number of aryl methyl sites for hydroxylation is 1. The zero-order valence-electron chi connectivity index (χ0n) is 8.07. The minimum absolute atomic E-state index is 0.513. The van der Waals surface area contributed by atoms with Gasteiger partial charge in [-0.05, 0) is 19.4 Å². The first-order chi connectivity index (χ1) is 6.09. The predicted molar refractivity (Wildman–Crippen MR) is 52.6 cm³/mol. The van der Waals surface area contributed by atoms with Crippen LogP contribution in [-0.4, -0.2) is 22.4 Å². The Morgan fingerprint density at radius 1 is 1.31 bits per heavy atom.